The number of rotatable bonds is 7. The van der Waals surface area contributed by atoms with Crippen LogP contribution in [0.25, 0.3) is 0 Å². The van der Waals surface area contributed by atoms with E-state index in [0.29, 0.717) is 13.2 Å². The maximum atomic E-state index is 11.5. The van der Waals surface area contributed by atoms with Gasteiger partial charge in [-0.15, -0.1) is 0 Å². The summed E-state index contributed by atoms with van der Waals surface area (Å²) in [4.78, 5) is 11.5. The molecule has 0 spiro atoms. The van der Waals surface area contributed by atoms with Crippen molar-refractivity contribution < 1.29 is 14.7 Å². The van der Waals surface area contributed by atoms with Crippen LogP contribution in [0.15, 0.2) is 5.16 Å². The number of carbonyl (C=O) groups is 1. The van der Waals surface area contributed by atoms with E-state index >= 15 is 0 Å². The quantitative estimate of drug-likeness (QED) is 0.146. The number of nitrogens with one attached hydrogen (secondary N) is 2. The molecule has 0 aromatic heterocycles. The maximum absolute atomic E-state index is 11.5. The Bertz CT molecular complexity index is 245. The first kappa shape index (κ1) is 14.7. The van der Waals surface area contributed by atoms with E-state index in [1.165, 1.54) is 0 Å². The second-order valence-electron chi connectivity index (χ2n) is 3.42. The third kappa shape index (κ3) is 5.52. The molecule has 0 saturated heterocycles. The van der Waals surface area contributed by atoms with E-state index in [0.717, 1.165) is 0 Å². The van der Waals surface area contributed by atoms with Crippen molar-refractivity contribution in [2.75, 3.05) is 20.3 Å². The summed E-state index contributed by atoms with van der Waals surface area (Å²) in [5.74, 6) is -0.119. The molecule has 0 fully saturated rings. The van der Waals surface area contributed by atoms with Gasteiger partial charge in [0.2, 0.25) is 5.91 Å². The SMILES string of the molecule is COCCNC(=O)C(C)NC(C)C(N)=NO. The van der Waals surface area contributed by atoms with Gasteiger partial charge in [-0.2, -0.15) is 0 Å². The van der Waals surface area contributed by atoms with Crippen LogP contribution in [0, 0.1) is 0 Å². The number of methoxy groups -OCH3 is 1. The van der Waals surface area contributed by atoms with Crippen molar-refractivity contribution in [2.24, 2.45) is 10.9 Å². The minimum Gasteiger partial charge on any atom is -0.409 e. The highest BCUT2D eigenvalue weighted by Crippen LogP contribution is 1.88. The molecular weight excluding hydrogens is 212 g/mol. The largest absolute Gasteiger partial charge is 0.409 e. The molecule has 16 heavy (non-hydrogen) atoms. The number of carbonyl (C=O) groups excluding carboxylic acids is 1. The van der Waals surface area contributed by atoms with E-state index in [4.69, 9.17) is 15.7 Å². The Kier molecular flexibility index (Phi) is 7.23. The highest BCUT2D eigenvalue weighted by molar-refractivity contribution is 5.86. The second-order valence-corrected chi connectivity index (χ2v) is 3.42. The zero-order chi connectivity index (χ0) is 12.6. The van der Waals surface area contributed by atoms with Crippen molar-refractivity contribution in [3.8, 4) is 0 Å². The zero-order valence-electron chi connectivity index (χ0n) is 9.86. The summed E-state index contributed by atoms with van der Waals surface area (Å²) in [6.45, 7) is 4.32. The van der Waals surface area contributed by atoms with Crippen LogP contribution in [0.5, 0.6) is 0 Å². The van der Waals surface area contributed by atoms with E-state index in [9.17, 15) is 4.79 Å². The molecule has 0 aliphatic rings. The number of ether oxygens (including phenoxy) is 1. The Balaban J connectivity index is 3.95. The topological polar surface area (TPSA) is 109 Å². The number of nitrogens with zero attached hydrogens (tertiary/aromatic N) is 1. The van der Waals surface area contributed by atoms with Crippen LogP contribution in [0.2, 0.25) is 0 Å². The molecule has 1 amide bonds. The smallest absolute Gasteiger partial charge is 0.236 e. The molecule has 0 aliphatic carbocycles. The standard InChI is InChI=1S/C9H20N4O3/c1-6(8(10)13-15)12-7(2)9(14)11-4-5-16-3/h6-7,12,15H,4-5H2,1-3H3,(H2,10,13)(H,11,14). The second kappa shape index (κ2) is 7.89. The first-order valence-electron chi connectivity index (χ1n) is 5.03. The summed E-state index contributed by atoms with van der Waals surface area (Å²) in [5, 5.41) is 16.9. The fourth-order valence-corrected chi connectivity index (χ4v) is 1.05. The van der Waals surface area contributed by atoms with Crippen LogP contribution in [0.3, 0.4) is 0 Å². The highest BCUT2D eigenvalue weighted by atomic mass is 16.5. The summed E-state index contributed by atoms with van der Waals surface area (Å²) in [6.07, 6.45) is 0. The van der Waals surface area contributed by atoms with Gasteiger partial charge in [-0.05, 0) is 13.8 Å². The average molecular weight is 232 g/mol. The van der Waals surface area contributed by atoms with Gasteiger partial charge in [0.15, 0.2) is 5.84 Å². The Morgan fingerprint density at radius 1 is 1.50 bits per heavy atom. The fraction of sp³-hybridized carbons (Fsp3) is 0.778. The van der Waals surface area contributed by atoms with Crippen LogP contribution in [-0.2, 0) is 9.53 Å². The highest BCUT2D eigenvalue weighted by Gasteiger charge is 2.16. The van der Waals surface area contributed by atoms with Crippen LogP contribution in [0.4, 0.5) is 0 Å². The van der Waals surface area contributed by atoms with Gasteiger partial charge in [0, 0.05) is 13.7 Å². The molecule has 0 bridgehead atoms. The van der Waals surface area contributed by atoms with Crippen molar-refractivity contribution in [1.29, 1.82) is 0 Å². The number of amidine groups is 1. The fourth-order valence-electron chi connectivity index (χ4n) is 1.05. The molecule has 0 radical (unpaired) electrons. The molecule has 7 nitrogen and oxygen atoms in total. The molecule has 0 heterocycles. The summed E-state index contributed by atoms with van der Waals surface area (Å²) in [6, 6.07) is -0.791. The Labute approximate surface area is 95.0 Å². The molecule has 2 unspecified atom stereocenters. The van der Waals surface area contributed by atoms with Gasteiger partial charge in [-0.1, -0.05) is 5.16 Å². The predicted octanol–water partition coefficient (Wildman–Crippen LogP) is -1.14. The number of nitrogens with two attached hydrogens (primary N) is 1. The van der Waals surface area contributed by atoms with Gasteiger partial charge in [0.1, 0.15) is 0 Å². The van der Waals surface area contributed by atoms with E-state index < -0.39 is 6.04 Å². The summed E-state index contributed by atoms with van der Waals surface area (Å²) >= 11 is 0. The molecular formula is C9H20N4O3. The van der Waals surface area contributed by atoms with Crippen molar-refractivity contribution in [3.05, 3.63) is 0 Å². The molecule has 5 N–H and O–H groups in total. The Hall–Kier alpha value is -1.34. The lowest BCUT2D eigenvalue weighted by Crippen LogP contribution is -2.50. The molecule has 0 aromatic rings. The van der Waals surface area contributed by atoms with Crippen molar-refractivity contribution in [1.82, 2.24) is 10.6 Å². The Morgan fingerprint density at radius 3 is 2.62 bits per heavy atom. The first-order chi connectivity index (χ1) is 7.52. The summed E-state index contributed by atoms with van der Waals surface area (Å²) in [5.41, 5.74) is 5.37. The maximum Gasteiger partial charge on any atom is 0.236 e. The van der Waals surface area contributed by atoms with E-state index in [-0.39, 0.29) is 17.8 Å². The molecule has 2 atom stereocenters. The molecule has 7 heteroatoms. The van der Waals surface area contributed by atoms with Gasteiger partial charge in [-0.3, -0.25) is 10.1 Å². The van der Waals surface area contributed by atoms with E-state index in [2.05, 4.69) is 15.8 Å². The predicted molar refractivity (Wildman–Crippen MR) is 60.4 cm³/mol. The first-order valence-corrected chi connectivity index (χ1v) is 5.03. The number of oxime groups is 1. The van der Waals surface area contributed by atoms with Crippen molar-refractivity contribution in [2.45, 2.75) is 25.9 Å². The third-order valence-electron chi connectivity index (χ3n) is 2.06. The van der Waals surface area contributed by atoms with Crippen molar-refractivity contribution >= 4 is 11.7 Å². The summed E-state index contributed by atoms with van der Waals surface area (Å²) < 4.78 is 4.80. The molecule has 0 saturated carbocycles. The summed E-state index contributed by atoms with van der Waals surface area (Å²) in [7, 11) is 1.56. The van der Waals surface area contributed by atoms with Crippen LogP contribution < -0.4 is 16.4 Å². The molecule has 0 aliphatic heterocycles. The van der Waals surface area contributed by atoms with Gasteiger partial charge in [-0.25, -0.2) is 0 Å². The lowest BCUT2D eigenvalue weighted by atomic mass is 10.2. The van der Waals surface area contributed by atoms with Gasteiger partial charge < -0.3 is 21.0 Å². The van der Waals surface area contributed by atoms with Crippen LogP contribution in [0.1, 0.15) is 13.8 Å². The normalized spacial score (nSPS) is 15.6. The lowest BCUT2D eigenvalue weighted by Gasteiger charge is -2.18. The molecule has 0 aromatic carbocycles. The van der Waals surface area contributed by atoms with E-state index in [1.54, 1.807) is 21.0 Å². The number of hydrogen-bond donors (Lipinski definition) is 4. The monoisotopic (exact) mass is 232 g/mol. The zero-order valence-corrected chi connectivity index (χ0v) is 9.86. The van der Waals surface area contributed by atoms with Crippen LogP contribution in [-0.4, -0.2) is 49.3 Å². The van der Waals surface area contributed by atoms with Gasteiger partial charge in [0.05, 0.1) is 18.7 Å². The molecule has 0 rings (SSSR count). The van der Waals surface area contributed by atoms with Gasteiger partial charge >= 0.3 is 0 Å². The average Bonchev–Trinajstić information content (AvgIpc) is 2.27. The van der Waals surface area contributed by atoms with Crippen molar-refractivity contribution in [3.63, 3.8) is 0 Å². The minimum absolute atomic E-state index is 0.0385. The third-order valence-corrected chi connectivity index (χ3v) is 2.06. The molecule has 94 valence electrons. The Morgan fingerprint density at radius 2 is 2.12 bits per heavy atom. The minimum atomic E-state index is -0.424. The van der Waals surface area contributed by atoms with Crippen LogP contribution >= 0.6 is 0 Å². The lowest BCUT2D eigenvalue weighted by molar-refractivity contribution is -0.123. The van der Waals surface area contributed by atoms with Gasteiger partial charge in [0.25, 0.3) is 0 Å². The number of hydrogen-bond acceptors (Lipinski definition) is 5. The van der Waals surface area contributed by atoms with E-state index in [1.807, 2.05) is 0 Å². The number of amides is 1.